The van der Waals surface area contributed by atoms with E-state index in [1.165, 1.54) is 0 Å². The van der Waals surface area contributed by atoms with Crippen LogP contribution in [0, 0.1) is 0 Å². The molecule has 0 saturated carbocycles. The maximum absolute atomic E-state index is 6.09. The van der Waals surface area contributed by atoms with Crippen molar-refractivity contribution in [3.8, 4) is 11.5 Å². The third-order valence-electron chi connectivity index (χ3n) is 2.52. The van der Waals surface area contributed by atoms with Gasteiger partial charge in [0, 0.05) is 24.1 Å². The average Bonchev–Trinajstić information content (AvgIpc) is 2.34. The van der Waals surface area contributed by atoms with Crippen LogP contribution >= 0.6 is 34.8 Å². The summed E-state index contributed by atoms with van der Waals surface area (Å²) in [5, 5.41) is 1.69. The van der Waals surface area contributed by atoms with E-state index in [1.807, 2.05) is 31.1 Å². The number of hydrogen-bond donors (Lipinski definition) is 0. The van der Waals surface area contributed by atoms with Crippen LogP contribution in [0.3, 0.4) is 0 Å². The molecule has 0 radical (unpaired) electrons. The third kappa shape index (κ3) is 3.47. The Hall–Kier alpha value is -1.09. The topological polar surface area (TPSA) is 12.5 Å². The Bertz CT molecular complexity index is 599. The van der Waals surface area contributed by atoms with E-state index in [1.54, 1.807) is 24.3 Å². The lowest BCUT2D eigenvalue weighted by Gasteiger charge is -2.18. The molecule has 0 bridgehead atoms. The molecule has 0 unspecified atom stereocenters. The fraction of sp³-hybridized carbons (Fsp3) is 0.143. The minimum atomic E-state index is 0.465. The first-order valence-electron chi connectivity index (χ1n) is 5.57. The first kappa shape index (κ1) is 14.3. The number of rotatable bonds is 3. The van der Waals surface area contributed by atoms with Gasteiger partial charge in [0.25, 0.3) is 0 Å². The van der Waals surface area contributed by atoms with E-state index in [0.29, 0.717) is 26.6 Å². The zero-order valence-corrected chi connectivity index (χ0v) is 12.7. The molecule has 0 heterocycles. The van der Waals surface area contributed by atoms with E-state index in [9.17, 15) is 0 Å². The van der Waals surface area contributed by atoms with Gasteiger partial charge in [0.2, 0.25) is 0 Å². The lowest BCUT2D eigenvalue weighted by atomic mass is 10.2. The first-order valence-corrected chi connectivity index (χ1v) is 6.70. The highest BCUT2D eigenvalue weighted by atomic mass is 35.5. The van der Waals surface area contributed by atoms with Crippen molar-refractivity contribution in [2.75, 3.05) is 19.0 Å². The van der Waals surface area contributed by atoms with Gasteiger partial charge in [-0.1, -0.05) is 34.8 Å². The molecule has 100 valence electrons. The van der Waals surface area contributed by atoms with Crippen molar-refractivity contribution in [3.63, 3.8) is 0 Å². The molecule has 0 N–H and O–H groups in total. The van der Waals surface area contributed by atoms with Crippen molar-refractivity contribution >= 4 is 40.5 Å². The van der Waals surface area contributed by atoms with E-state index >= 15 is 0 Å². The molecule has 2 nitrogen and oxygen atoms in total. The van der Waals surface area contributed by atoms with Crippen molar-refractivity contribution < 1.29 is 4.74 Å². The minimum Gasteiger partial charge on any atom is -0.454 e. The summed E-state index contributed by atoms with van der Waals surface area (Å²) < 4.78 is 5.82. The zero-order chi connectivity index (χ0) is 14.0. The Morgan fingerprint density at radius 1 is 0.842 bits per heavy atom. The molecule has 2 aromatic rings. The third-order valence-corrected chi connectivity index (χ3v) is 3.28. The van der Waals surface area contributed by atoms with Gasteiger partial charge in [0.05, 0.1) is 10.7 Å². The standard InChI is InChI=1S/C14H12Cl3NO/c1-18(2)12-8-10(16)4-6-14(12)19-13-5-3-9(15)7-11(13)17/h3-8H,1-2H3. The summed E-state index contributed by atoms with van der Waals surface area (Å²) in [6.07, 6.45) is 0. The first-order chi connectivity index (χ1) is 8.97. The van der Waals surface area contributed by atoms with E-state index in [2.05, 4.69) is 0 Å². The average molecular weight is 317 g/mol. The molecule has 0 atom stereocenters. The molecule has 19 heavy (non-hydrogen) atoms. The fourth-order valence-electron chi connectivity index (χ4n) is 1.60. The van der Waals surface area contributed by atoms with Crippen molar-refractivity contribution in [2.45, 2.75) is 0 Å². The largest absolute Gasteiger partial charge is 0.454 e. The highest BCUT2D eigenvalue weighted by molar-refractivity contribution is 6.35. The van der Waals surface area contributed by atoms with Gasteiger partial charge in [0.1, 0.15) is 5.75 Å². The summed E-state index contributed by atoms with van der Waals surface area (Å²) in [5.41, 5.74) is 0.874. The van der Waals surface area contributed by atoms with Crippen molar-refractivity contribution in [1.29, 1.82) is 0 Å². The smallest absolute Gasteiger partial charge is 0.150 e. The number of anilines is 1. The number of halogens is 3. The van der Waals surface area contributed by atoms with Gasteiger partial charge in [-0.25, -0.2) is 0 Å². The summed E-state index contributed by atoms with van der Waals surface area (Å²) in [7, 11) is 3.84. The van der Waals surface area contributed by atoms with E-state index < -0.39 is 0 Å². The molecule has 0 amide bonds. The molecular weight excluding hydrogens is 305 g/mol. The molecule has 0 fully saturated rings. The van der Waals surface area contributed by atoms with Crippen LogP contribution in [0.1, 0.15) is 0 Å². The molecule has 0 aliphatic rings. The molecule has 0 saturated heterocycles. The van der Waals surface area contributed by atoms with Crippen LogP contribution in [0.5, 0.6) is 11.5 Å². The number of benzene rings is 2. The Labute approximate surface area is 127 Å². The SMILES string of the molecule is CN(C)c1cc(Cl)ccc1Oc1ccc(Cl)cc1Cl. The Balaban J connectivity index is 2.38. The summed E-state index contributed by atoms with van der Waals surface area (Å²) in [5.74, 6) is 1.23. The Kier molecular flexibility index (Phi) is 4.46. The number of nitrogens with zero attached hydrogens (tertiary/aromatic N) is 1. The second-order valence-corrected chi connectivity index (χ2v) is 5.46. The molecule has 2 aromatic carbocycles. The van der Waals surface area contributed by atoms with Crippen LogP contribution < -0.4 is 9.64 Å². The van der Waals surface area contributed by atoms with E-state index in [4.69, 9.17) is 39.5 Å². The predicted molar refractivity (Wildman–Crippen MR) is 82.3 cm³/mol. The number of ether oxygens (including phenoxy) is 1. The van der Waals surface area contributed by atoms with Crippen LogP contribution in [0.2, 0.25) is 15.1 Å². The summed E-state index contributed by atoms with van der Waals surface area (Å²) in [6.45, 7) is 0. The highest BCUT2D eigenvalue weighted by Gasteiger charge is 2.10. The summed E-state index contributed by atoms with van der Waals surface area (Å²) >= 11 is 17.9. The molecule has 0 spiro atoms. The zero-order valence-electron chi connectivity index (χ0n) is 10.5. The maximum Gasteiger partial charge on any atom is 0.150 e. The van der Waals surface area contributed by atoms with Gasteiger partial charge >= 0.3 is 0 Å². The van der Waals surface area contributed by atoms with E-state index in [-0.39, 0.29) is 0 Å². The van der Waals surface area contributed by atoms with Crippen LogP contribution in [0.25, 0.3) is 0 Å². The van der Waals surface area contributed by atoms with Crippen molar-refractivity contribution in [2.24, 2.45) is 0 Å². The van der Waals surface area contributed by atoms with Crippen LogP contribution in [0.15, 0.2) is 36.4 Å². The molecule has 0 aliphatic carbocycles. The van der Waals surface area contributed by atoms with Gasteiger partial charge in [0.15, 0.2) is 5.75 Å². The molecule has 0 aliphatic heterocycles. The summed E-state index contributed by atoms with van der Waals surface area (Å²) in [6, 6.07) is 10.5. The van der Waals surface area contributed by atoms with Crippen LogP contribution in [0.4, 0.5) is 5.69 Å². The monoisotopic (exact) mass is 315 g/mol. The maximum atomic E-state index is 6.09. The van der Waals surface area contributed by atoms with Gasteiger partial charge in [-0.3, -0.25) is 0 Å². The molecule has 0 aromatic heterocycles. The summed E-state index contributed by atoms with van der Waals surface area (Å²) in [4.78, 5) is 1.92. The van der Waals surface area contributed by atoms with Crippen LogP contribution in [-0.2, 0) is 0 Å². The van der Waals surface area contributed by atoms with Crippen LogP contribution in [-0.4, -0.2) is 14.1 Å². The lowest BCUT2D eigenvalue weighted by molar-refractivity contribution is 0.483. The molecular formula is C14H12Cl3NO. The molecule has 2 rings (SSSR count). The quantitative estimate of drug-likeness (QED) is 0.741. The minimum absolute atomic E-state index is 0.465. The Morgan fingerprint density at radius 2 is 1.42 bits per heavy atom. The second kappa shape index (κ2) is 5.91. The normalized spacial score (nSPS) is 10.4. The van der Waals surface area contributed by atoms with E-state index in [0.717, 1.165) is 5.69 Å². The van der Waals surface area contributed by atoms with Crippen molar-refractivity contribution in [3.05, 3.63) is 51.5 Å². The molecule has 5 heteroatoms. The Morgan fingerprint density at radius 3 is 2.00 bits per heavy atom. The number of hydrogen-bond acceptors (Lipinski definition) is 2. The van der Waals surface area contributed by atoms with Gasteiger partial charge in [-0.2, -0.15) is 0 Å². The second-order valence-electron chi connectivity index (χ2n) is 4.18. The fourth-order valence-corrected chi connectivity index (χ4v) is 2.22. The predicted octanol–water partition coefficient (Wildman–Crippen LogP) is 5.51. The van der Waals surface area contributed by atoms with Crippen molar-refractivity contribution in [1.82, 2.24) is 0 Å². The highest BCUT2D eigenvalue weighted by Crippen LogP contribution is 2.37. The van der Waals surface area contributed by atoms with Gasteiger partial charge in [-0.15, -0.1) is 0 Å². The lowest BCUT2D eigenvalue weighted by Crippen LogP contribution is -2.09. The van der Waals surface area contributed by atoms with Gasteiger partial charge in [-0.05, 0) is 36.4 Å². The van der Waals surface area contributed by atoms with Gasteiger partial charge < -0.3 is 9.64 Å².